The summed E-state index contributed by atoms with van der Waals surface area (Å²) in [5, 5.41) is 10.6. The van der Waals surface area contributed by atoms with Crippen LogP contribution in [0.1, 0.15) is 65.2 Å². The number of allylic oxidation sites excluding steroid dienone is 1. The second-order valence-corrected chi connectivity index (χ2v) is 9.23. The average molecular weight is 335 g/mol. The fourth-order valence-corrected chi connectivity index (χ4v) is 7.00. The summed E-state index contributed by atoms with van der Waals surface area (Å²) in [4.78, 5) is 0. The molecule has 0 radical (unpaired) electrons. The van der Waals surface area contributed by atoms with Crippen LogP contribution in [0, 0.1) is 29.1 Å². The Hall–Kier alpha value is -0.380. The van der Waals surface area contributed by atoms with E-state index in [1.54, 1.807) is 25.4 Å². The number of rotatable bonds is 2. The molecule has 3 nitrogen and oxygen atoms in total. The van der Waals surface area contributed by atoms with Gasteiger partial charge in [0.1, 0.15) is 0 Å². The Labute approximate surface area is 146 Å². The molecule has 0 aromatic rings. The molecule has 4 aliphatic carbocycles. The maximum absolute atomic E-state index is 10.6. The Bertz CT molecular complexity index is 535. The van der Waals surface area contributed by atoms with Gasteiger partial charge in [-0.1, -0.05) is 25.0 Å². The normalized spacial score (nSPS) is 47.1. The van der Waals surface area contributed by atoms with Crippen molar-refractivity contribution in [2.24, 2.45) is 29.1 Å². The highest BCUT2D eigenvalue weighted by atomic mass is 16.7. The first kappa shape index (κ1) is 17.1. The molecule has 2 saturated carbocycles. The predicted molar refractivity (Wildman–Crippen MR) is 94.5 cm³/mol. The molecule has 4 aliphatic rings. The minimum atomic E-state index is -0.391. The monoisotopic (exact) mass is 334 g/mol. The number of ether oxygens (including phenoxy) is 2. The molecule has 4 rings (SSSR count). The highest BCUT2D eigenvalue weighted by molar-refractivity contribution is 5.29. The van der Waals surface area contributed by atoms with E-state index < -0.39 is 5.79 Å². The van der Waals surface area contributed by atoms with E-state index in [-0.39, 0.29) is 11.5 Å². The molecule has 1 N–H and O–H groups in total. The van der Waals surface area contributed by atoms with E-state index in [0.717, 1.165) is 37.5 Å². The smallest absolute Gasteiger partial charge is 0.171 e. The lowest BCUT2D eigenvalue weighted by Crippen LogP contribution is -2.49. The molecule has 0 saturated heterocycles. The number of fused-ring (bicyclic) bond motifs is 4. The molecule has 24 heavy (non-hydrogen) atoms. The van der Waals surface area contributed by atoms with E-state index in [9.17, 15) is 5.11 Å². The van der Waals surface area contributed by atoms with Crippen molar-refractivity contribution >= 4 is 0 Å². The molecular weight excluding hydrogens is 300 g/mol. The number of aliphatic hydroxyl groups excluding tert-OH is 1. The SMILES string of the molecule is COC1(OC)CCC2=C(C[C@@H](C)[C@@H]3[C@@H]2CC[C@]2(C)C(O)CC[C@@H]32)C1. The molecule has 0 spiro atoms. The molecule has 0 aromatic carbocycles. The maximum Gasteiger partial charge on any atom is 0.171 e. The van der Waals surface area contributed by atoms with Gasteiger partial charge < -0.3 is 14.6 Å². The van der Waals surface area contributed by atoms with Crippen LogP contribution in [0.15, 0.2) is 11.1 Å². The van der Waals surface area contributed by atoms with Crippen molar-refractivity contribution in [1.29, 1.82) is 0 Å². The maximum atomic E-state index is 10.6. The van der Waals surface area contributed by atoms with Gasteiger partial charge in [0.25, 0.3) is 0 Å². The molecule has 3 heteroatoms. The highest BCUT2D eigenvalue weighted by Gasteiger charge is 2.57. The lowest BCUT2D eigenvalue weighted by molar-refractivity contribution is -0.214. The number of hydrogen-bond donors (Lipinski definition) is 1. The summed E-state index contributed by atoms with van der Waals surface area (Å²) < 4.78 is 11.5. The van der Waals surface area contributed by atoms with Crippen molar-refractivity contribution in [2.45, 2.75) is 77.1 Å². The minimum absolute atomic E-state index is 0.0768. The van der Waals surface area contributed by atoms with Crippen molar-refractivity contribution in [3.05, 3.63) is 11.1 Å². The van der Waals surface area contributed by atoms with Crippen molar-refractivity contribution in [3.8, 4) is 0 Å². The van der Waals surface area contributed by atoms with Crippen LogP contribution in [0.25, 0.3) is 0 Å². The Morgan fingerprint density at radius 1 is 1.08 bits per heavy atom. The van der Waals surface area contributed by atoms with E-state index in [1.807, 2.05) is 0 Å². The largest absolute Gasteiger partial charge is 0.393 e. The third-order valence-electron chi connectivity index (χ3n) is 8.41. The van der Waals surface area contributed by atoms with Crippen LogP contribution in [0.5, 0.6) is 0 Å². The lowest BCUT2D eigenvalue weighted by Gasteiger charge is -2.54. The van der Waals surface area contributed by atoms with Crippen LogP contribution < -0.4 is 0 Å². The van der Waals surface area contributed by atoms with Gasteiger partial charge in [-0.3, -0.25) is 0 Å². The fourth-order valence-electron chi connectivity index (χ4n) is 7.00. The third-order valence-corrected chi connectivity index (χ3v) is 8.41. The summed E-state index contributed by atoms with van der Waals surface area (Å²) in [6, 6.07) is 0. The number of methoxy groups -OCH3 is 2. The van der Waals surface area contributed by atoms with Crippen LogP contribution in [0.4, 0.5) is 0 Å². The first-order chi connectivity index (χ1) is 11.4. The van der Waals surface area contributed by atoms with Gasteiger partial charge in [0, 0.05) is 27.1 Å². The van der Waals surface area contributed by atoms with Gasteiger partial charge in [-0.05, 0) is 67.6 Å². The summed E-state index contributed by atoms with van der Waals surface area (Å²) in [6.07, 6.45) is 8.91. The molecular formula is C21H34O3. The Morgan fingerprint density at radius 3 is 2.54 bits per heavy atom. The number of aliphatic hydroxyl groups is 1. The summed E-state index contributed by atoms with van der Waals surface area (Å²) in [7, 11) is 3.58. The number of hydrogen-bond acceptors (Lipinski definition) is 3. The van der Waals surface area contributed by atoms with E-state index in [1.165, 1.54) is 25.7 Å². The predicted octanol–water partition coefficient (Wildman–Crippen LogP) is 4.30. The van der Waals surface area contributed by atoms with Gasteiger partial charge in [-0.25, -0.2) is 0 Å². The zero-order valence-corrected chi connectivity index (χ0v) is 15.8. The summed E-state index contributed by atoms with van der Waals surface area (Å²) in [6.45, 7) is 4.82. The molecule has 6 atom stereocenters. The van der Waals surface area contributed by atoms with Crippen LogP contribution in [0.3, 0.4) is 0 Å². The second-order valence-electron chi connectivity index (χ2n) is 9.23. The van der Waals surface area contributed by atoms with Crippen LogP contribution in [-0.2, 0) is 9.47 Å². The zero-order chi connectivity index (χ0) is 17.1. The van der Waals surface area contributed by atoms with E-state index in [4.69, 9.17) is 9.47 Å². The fraction of sp³-hybridized carbons (Fsp3) is 0.905. The lowest BCUT2D eigenvalue weighted by atomic mass is 9.51. The highest BCUT2D eigenvalue weighted by Crippen LogP contribution is 2.62. The Balaban J connectivity index is 1.65. The molecule has 0 amide bonds. The summed E-state index contributed by atoms with van der Waals surface area (Å²) >= 11 is 0. The van der Waals surface area contributed by atoms with Crippen molar-refractivity contribution in [2.75, 3.05) is 14.2 Å². The van der Waals surface area contributed by atoms with Crippen LogP contribution >= 0.6 is 0 Å². The van der Waals surface area contributed by atoms with Gasteiger partial charge >= 0.3 is 0 Å². The Kier molecular flexibility index (Phi) is 4.14. The minimum Gasteiger partial charge on any atom is -0.393 e. The zero-order valence-electron chi connectivity index (χ0n) is 15.8. The van der Waals surface area contributed by atoms with Gasteiger partial charge in [0.15, 0.2) is 5.79 Å². The quantitative estimate of drug-likeness (QED) is 0.604. The van der Waals surface area contributed by atoms with E-state index in [0.29, 0.717) is 11.8 Å². The van der Waals surface area contributed by atoms with Gasteiger partial charge in [-0.15, -0.1) is 0 Å². The van der Waals surface area contributed by atoms with E-state index >= 15 is 0 Å². The van der Waals surface area contributed by atoms with Crippen molar-refractivity contribution in [3.63, 3.8) is 0 Å². The first-order valence-electron chi connectivity index (χ1n) is 9.93. The molecule has 2 fully saturated rings. The first-order valence-corrected chi connectivity index (χ1v) is 9.93. The second kappa shape index (κ2) is 5.82. The Morgan fingerprint density at radius 2 is 1.83 bits per heavy atom. The molecule has 0 bridgehead atoms. The van der Waals surface area contributed by atoms with Crippen molar-refractivity contribution < 1.29 is 14.6 Å². The third kappa shape index (κ3) is 2.27. The molecule has 1 unspecified atom stereocenters. The topological polar surface area (TPSA) is 38.7 Å². The van der Waals surface area contributed by atoms with Crippen molar-refractivity contribution in [1.82, 2.24) is 0 Å². The van der Waals surface area contributed by atoms with Gasteiger partial charge in [0.2, 0.25) is 0 Å². The summed E-state index contributed by atoms with van der Waals surface area (Å²) in [5.74, 6) is 2.56. The van der Waals surface area contributed by atoms with Gasteiger partial charge in [-0.2, -0.15) is 0 Å². The molecule has 0 heterocycles. The van der Waals surface area contributed by atoms with Crippen LogP contribution in [0.2, 0.25) is 0 Å². The standard InChI is InChI=1S/C21H34O3/c1-13-11-14-12-21(23-3,24-4)10-8-15(14)16-7-9-20(2)17(19(13)16)5-6-18(20)22/h13,16-19,22H,5-12H2,1-4H3/t13-,16-,17+,18?,19-,20+/m1/s1. The average Bonchev–Trinajstić information content (AvgIpc) is 2.89. The van der Waals surface area contributed by atoms with Gasteiger partial charge in [0.05, 0.1) is 6.10 Å². The molecule has 136 valence electrons. The van der Waals surface area contributed by atoms with Crippen LogP contribution in [-0.4, -0.2) is 31.2 Å². The molecule has 0 aliphatic heterocycles. The summed E-state index contributed by atoms with van der Waals surface area (Å²) in [5.41, 5.74) is 3.54. The molecule has 0 aromatic heterocycles. The van der Waals surface area contributed by atoms with E-state index in [2.05, 4.69) is 13.8 Å².